The lowest BCUT2D eigenvalue weighted by Crippen LogP contribution is -2.44. The molecule has 4 rings (SSSR count). The average Bonchev–Trinajstić information content (AvgIpc) is 3.26. The van der Waals surface area contributed by atoms with Crippen LogP contribution in [0.4, 0.5) is 11.4 Å². The van der Waals surface area contributed by atoms with Crippen LogP contribution in [0, 0.1) is 0 Å². The number of anilines is 2. The van der Waals surface area contributed by atoms with Gasteiger partial charge in [0.25, 0.3) is 5.91 Å². The zero-order chi connectivity index (χ0) is 21.8. The summed E-state index contributed by atoms with van der Waals surface area (Å²) in [5, 5.41) is 5.92. The second-order valence-electron chi connectivity index (χ2n) is 7.73. The molecular formula is C24H29N3O4. The summed E-state index contributed by atoms with van der Waals surface area (Å²) in [5.74, 6) is 1.31. The van der Waals surface area contributed by atoms with Crippen LogP contribution in [-0.4, -0.2) is 44.2 Å². The molecule has 0 aromatic heterocycles. The molecule has 1 atom stereocenters. The van der Waals surface area contributed by atoms with Gasteiger partial charge in [0.15, 0.2) is 11.5 Å². The van der Waals surface area contributed by atoms with Gasteiger partial charge in [-0.15, -0.1) is 0 Å². The van der Waals surface area contributed by atoms with E-state index in [9.17, 15) is 9.59 Å². The van der Waals surface area contributed by atoms with Crippen molar-refractivity contribution in [2.24, 2.45) is 0 Å². The minimum atomic E-state index is -0.156. The smallest absolute Gasteiger partial charge is 0.251 e. The number of hydrogen-bond donors (Lipinski definition) is 2. The molecule has 0 radical (unpaired) electrons. The fourth-order valence-electron chi connectivity index (χ4n) is 4.24. The van der Waals surface area contributed by atoms with Gasteiger partial charge in [0.05, 0.1) is 24.6 Å². The predicted octanol–water partition coefficient (Wildman–Crippen LogP) is 3.38. The summed E-state index contributed by atoms with van der Waals surface area (Å²) in [7, 11) is 0. The topological polar surface area (TPSA) is 79.9 Å². The van der Waals surface area contributed by atoms with E-state index in [-0.39, 0.29) is 17.9 Å². The lowest BCUT2D eigenvalue weighted by atomic mass is 10.1. The highest BCUT2D eigenvalue weighted by atomic mass is 16.5. The lowest BCUT2D eigenvalue weighted by molar-refractivity contribution is -0.117. The van der Waals surface area contributed by atoms with Crippen molar-refractivity contribution in [3.8, 4) is 11.5 Å². The van der Waals surface area contributed by atoms with Crippen molar-refractivity contribution in [1.29, 1.82) is 0 Å². The van der Waals surface area contributed by atoms with Crippen LogP contribution in [0.3, 0.4) is 0 Å². The highest BCUT2D eigenvalue weighted by Gasteiger charge is 2.36. The minimum Gasteiger partial charge on any atom is -0.490 e. The molecule has 2 aromatic carbocycles. The molecule has 31 heavy (non-hydrogen) atoms. The molecule has 1 fully saturated rings. The summed E-state index contributed by atoms with van der Waals surface area (Å²) in [4.78, 5) is 27.1. The normalized spacial score (nSPS) is 16.9. The number of carbonyl (C=O) groups excluding carboxylic acids is 2. The van der Waals surface area contributed by atoms with Crippen molar-refractivity contribution in [2.75, 3.05) is 36.5 Å². The third-order valence-corrected chi connectivity index (χ3v) is 5.69. The molecule has 0 bridgehead atoms. The molecule has 164 valence electrons. The van der Waals surface area contributed by atoms with E-state index < -0.39 is 0 Å². The maximum absolute atomic E-state index is 12.7. The molecule has 2 N–H and O–H groups in total. The van der Waals surface area contributed by atoms with E-state index >= 15 is 0 Å². The number of nitrogens with one attached hydrogen (secondary N) is 2. The van der Waals surface area contributed by atoms with Crippen LogP contribution in [-0.2, 0) is 11.2 Å². The van der Waals surface area contributed by atoms with E-state index in [1.54, 1.807) is 6.07 Å². The van der Waals surface area contributed by atoms with Crippen LogP contribution >= 0.6 is 0 Å². The molecule has 2 heterocycles. The van der Waals surface area contributed by atoms with Gasteiger partial charge in [-0.1, -0.05) is 6.07 Å². The molecule has 7 heteroatoms. The second-order valence-corrected chi connectivity index (χ2v) is 7.73. The highest BCUT2D eigenvalue weighted by Crippen LogP contribution is 2.37. The Morgan fingerprint density at radius 2 is 1.94 bits per heavy atom. The van der Waals surface area contributed by atoms with Crippen molar-refractivity contribution < 1.29 is 19.1 Å². The third kappa shape index (κ3) is 4.45. The van der Waals surface area contributed by atoms with Crippen molar-refractivity contribution in [3.63, 3.8) is 0 Å². The van der Waals surface area contributed by atoms with Crippen LogP contribution in [0.2, 0.25) is 0 Å². The first-order chi connectivity index (χ1) is 15.1. The van der Waals surface area contributed by atoms with Crippen LogP contribution in [0.15, 0.2) is 36.4 Å². The highest BCUT2D eigenvalue weighted by molar-refractivity contribution is 6.06. The number of nitrogens with zero attached hydrogens (tertiary/aromatic N) is 1. The first-order valence-electron chi connectivity index (χ1n) is 11.0. The molecule has 0 aliphatic carbocycles. The molecule has 0 unspecified atom stereocenters. The zero-order valence-corrected chi connectivity index (χ0v) is 18.1. The van der Waals surface area contributed by atoms with Gasteiger partial charge < -0.3 is 25.0 Å². The van der Waals surface area contributed by atoms with Gasteiger partial charge in [-0.05, 0) is 69.0 Å². The molecule has 2 amide bonds. The summed E-state index contributed by atoms with van der Waals surface area (Å²) in [6, 6.07) is 11.3. The van der Waals surface area contributed by atoms with E-state index in [1.165, 1.54) is 0 Å². The number of amides is 2. The summed E-state index contributed by atoms with van der Waals surface area (Å²) >= 11 is 0. The van der Waals surface area contributed by atoms with Crippen LogP contribution in [0.5, 0.6) is 11.5 Å². The Morgan fingerprint density at radius 1 is 1.13 bits per heavy atom. The van der Waals surface area contributed by atoms with Gasteiger partial charge in [-0.3, -0.25) is 9.59 Å². The van der Waals surface area contributed by atoms with Gasteiger partial charge in [0.2, 0.25) is 5.91 Å². The monoisotopic (exact) mass is 423 g/mol. The fourth-order valence-corrected chi connectivity index (χ4v) is 4.24. The Hall–Kier alpha value is -3.22. The third-order valence-electron chi connectivity index (χ3n) is 5.69. The maximum Gasteiger partial charge on any atom is 0.251 e. The lowest BCUT2D eigenvalue weighted by Gasteiger charge is -2.33. The van der Waals surface area contributed by atoms with Crippen molar-refractivity contribution >= 4 is 23.2 Å². The van der Waals surface area contributed by atoms with E-state index in [4.69, 9.17) is 9.47 Å². The molecule has 7 nitrogen and oxygen atoms in total. The Labute approximate surface area is 182 Å². The molecule has 1 saturated heterocycles. The summed E-state index contributed by atoms with van der Waals surface area (Å²) in [5.41, 5.74) is 3.31. The summed E-state index contributed by atoms with van der Waals surface area (Å²) < 4.78 is 11.3. The fraction of sp³-hybridized carbons (Fsp3) is 0.417. The number of fused-ring (bicyclic) bond motifs is 3. The van der Waals surface area contributed by atoms with Crippen molar-refractivity contribution in [3.05, 3.63) is 47.5 Å². The van der Waals surface area contributed by atoms with E-state index in [1.807, 2.05) is 44.2 Å². The van der Waals surface area contributed by atoms with Gasteiger partial charge in [-0.2, -0.15) is 0 Å². The largest absolute Gasteiger partial charge is 0.490 e. The Balaban J connectivity index is 1.38. The summed E-state index contributed by atoms with van der Waals surface area (Å²) in [6.45, 7) is 6.39. The molecule has 2 aliphatic rings. The molecule has 2 aliphatic heterocycles. The van der Waals surface area contributed by atoms with Gasteiger partial charge in [0.1, 0.15) is 6.04 Å². The standard InChI is InChI=1S/C24H29N3O4/c1-3-30-21-10-7-16(14-22(21)31-4-2)11-12-25-23(28)17-8-9-19-18(15-17)26-24(29)20-6-5-13-27(19)20/h7-10,14-15,20H,3-6,11-13H2,1-2H3,(H,25,28)(H,26,29)/t20-/m1/s1. The minimum absolute atomic E-state index is 0.0168. The van der Waals surface area contributed by atoms with E-state index in [2.05, 4.69) is 15.5 Å². The maximum atomic E-state index is 12.7. The number of carbonyl (C=O) groups is 2. The molecular weight excluding hydrogens is 394 g/mol. The van der Waals surface area contributed by atoms with Crippen molar-refractivity contribution in [1.82, 2.24) is 5.32 Å². The van der Waals surface area contributed by atoms with Crippen LogP contribution < -0.4 is 25.0 Å². The average molecular weight is 424 g/mol. The van der Waals surface area contributed by atoms with Gasteiger partial charge >= 0.3 is 0 Å². The Morgan fingerprint density at radius 3 is 2.74 bits per heavy atom. The Kier molecular flexibility index (Phi) is 6.30. The predicted molar refractivity (Wildman–Crippen MR) is 120 cm³/mol. The van der Waals surface area contributed by atoms with Crippen LogP contribution in [0.25, 0.3) is 0 Å². The SMILES string of the molecule is CCOc1ccc(CCNC(=O)c2ccc3c(c2)NC(=O)[C@H]2CCCN32)cc1OCC. The van der Waals surface area contributed by atoms with Gasteiger partial charge in [-0.25, -0.2) is 0 Å². The van der Waals surface area contributed by atoms with Crippen molar-refractivity contribution in [2.45, 2.75) is 39.2 Å². The number of rotatable bonds is 8. The van der Waals surface area contributed by atoms with E-state index in [0.29, 0.717) is 37.4 Å². The van der Waals surface area contributed by atoms with Crippen LogP contribution in [0.1, 0.15) is 42.6 Å². The molecule has 0 spiro atoms. The molecule has 0 saturated carbocycles. The summed E-state index contributed by atoms with van der Waals surface area (Å²) in [6.07, 6.45) is 2.57. The number of ether oxygens (including phenoxy) is 2. The Bertz CT molecular complexity index is 975. The van der Waals surface area contributed by atoms with Gasteiger partial charge in [0, 0.05) is 18.7 Å². The molecule has 2 aromatic rings. The quantitative estimate of drug-likeness (QED) is 0.681. The number of benzene rings is 2. The number of hydrogen-bond acceptors (Lipinski definition) is 5. The zero-order valence-electron chi connectivity index (χ0n) is 18.1. The second kappa shape index (κ2) is 9.29. The first-order valence-corrected chi connectivity index (χ1v) is 11.0. The first kappa shape index (κ1) is 21.0. The van der Waals surface area contributed by atoms with E-state index in [0.717, 1.165) is 42.1 Å².